The third-order valence-electron chi connectivity index (χ3n) is 2.26. The summed E-state index contributed by atoms with van der Waals surface area (Å²) in [5.41, 5.74) is 0.153. The van der Waals surface area contributed by atoms with Crippen molar-refractivity contribution in [3.63, 3.8) is 0 Å². The second-order valence-electron chi connectivity index (χ2n) is 4.99. The van der Waals surface area contributed by atoms with Crippen LogP contribution in [0.4, 0.5) is 0 Å². The number of hydrogen-bond acceptors (Lipinski definition) is 4. The maximum Gasteiger partial charge on any atom is 0.0981 e. The Balaban J connectivity index is 2.30. The smallest absolute Gasteiger partial charge is 0.0981 e. The van der Waals surface area contributed by atoms with Crippen molar-refractivity contribution in [2.24, 2.45) is 0 Å². The minimum absolute atomic E-state index is 0.153. The van der Waals surface area contributed by atoms with Gasteiger partial charge in [0.25, 0.3) is 0 Å². The van der Waals surface area contributed by atoms with E-state index in [1.165, 1.54) is 9.88 Å². The van der Waals surface area contributed by atoms with Crippen LogP contribution in [-0.2, 0) is 12.0 Å². The van der Waals surface area contributed by atoms with Crippen LogP contribution in [0, 0.1) is 0 Å². The highest BCUT2D eigenvalue weighted by Crippen LogP contribution is 2.26. The lowest BCUT2D eigenvalue weighted by Gasteiger charge is -2.13. The molecule has 1 aromatic heterocycles. The zero-order chi connectivity index (χ0) is 12.0. The Morgan fingerprint density at radius 1 is 1.38 bits per heavy atom. The summed E-state index contributed by atoms with van der Waals surface area (Å²) in [6.45, 7) is 8.69. The molecule has 0 aliphatic heterocycles. The lowest BCUT2D eigenvalue weighted by Crippen LogP contribution is -2.14. The van der Waals surface area contributed by atoms with Crippen LogP contribution in [0.1, 0.15) is 43.5 Å². The number of aliphatic hydroxyl groups excluding tert-OH is 1. The van der Waals surface area contributed by atoms with Crippen LogP contribution >= 0.6 is 11.3 Å². The molecule has 0 bridgehead atoms. The first-order valence-corrected chi connectivity index (χ1v) is 6.62. The molecule has 0 saturated carbocycles. The normalized spacial score (nSPS) is 12.0. The SMILES string of the molecule is CC(C)(C)c1ncc(CNCCCCO)s1. The van der Waals surface area contributed by atoms with Crippen molar-refractivity contribution >= 4 is 11.3 Å². The molecule has 0 aliphatic carbocycles. The quantitative estimate of drug-likeness (QED) is 0.752. The van der Waals surface area contributed by atoms with Gasteiger partial charge in [-0.15, -0.1) is 11.3 Å². The van der Waals surface area contributed by atoms with Crippen molar-refractivity contribution in [3.05, 3.63) is 16.1 Å². The van der Waals surface area contributed by atoms with Crippen molar-refractivity contribution in [2.75, 3.05) is 13.2 Å². The maximum absolute atomic E-state index is 8.64. The molecule has 16 heavy (non-hydrogen) atoms. The van der Waals surface area contributed by atoms with Gasteiger partial charge in [-0.1, -0.05) is 20.8 Å². The van der Waals surface area contributed by atoms with Crippen LogP contribution in [0.5, 0.6) is 0 Å². The van der Waals surface area contributed by atoms with Crippen molar-refractivity contribution in [3.8, 4) is 0 Å². The molecular formula is C12H22N2OS. The molecule has 0 saturated heterocycles. The molecule has 0 atom stereocenters. The molecule has 0 amide bonds. The second-order valence-corrected chi connectivity index (χ2v) is 6.10. The van der Waals surface area contributed by atoms with Crippen molar-refractivity contribution < 1.29 is 5.11 Å². The van der Waals surface area contributed by atoms with E-state index in [2.05, 4.69) is 31.1 Å². The number of nitrogens with one attached hydrogen (secondary N) is 1. The Labute approximate surface area is 102 Å². The highest BCUT2D eigenvalue weighted by Gasteiger charge is 2.17. The van der Waals surface area contributed by atoms with Crippen molar-refractivity contribution in [2.45, 2.75) is 45.6 Å². The molecular weight excluding hydrogens is 220 g/mol. The molecule has 1 rings (SSSR count). The largest absolute Gasteiger partial charge is 0.396 e. The third kappa shape index (κ3) is 4.60. The van der Waals surface area contributed by atoms with E-state index in [1.807, 2.05) is 6.20 Å². The minimum atomic E-state index is 0.153. The van der Waals surface area contributed by atoms with Crippen molar-refractivity contribution in [1.29, 1.82) is 0 Å². The van der Waals surface area contributed by atoms with Gasteiger partial charge in [-0.05, 0) is 19.4 Å². The molecule has 0 fully saturated rings. The van der Waals surface area contributed by atoms with Gasteiger partial charge in [-0.3, -0.25) is 0 Å². The summed E-state index contributed by atoms with van der Waals surface area (Å²) in [6, 6.07) is 0. The van der Waals surface area contributed by atoms with Crippen LogP contribution in [-0.4, -0.2) is 23.2 Å². The Kier molecular flexibility index (Phi) is 5.38. The first-order chi connectivity index (χ1) is 7.54. The first-order valence-electron chi connectivity index (χ1n) is 5.81. The predicted molar refractivity (Wildman–Crippen MR) is 68.8 cm³/mol. The average molecular weight is 242 g/mol. The Bertz CT molecular complexity index is 304. The van der Waals surface area contributed by atoms with E-state index < -0.39 is 0 Å². The Morgan fingerprint density at radius 2 is 2.12 bits per heavy atom. The topological polar surface area (TPSA) is 45.2 Å². The van der Waals surface area contributed by atoms with Gasteiger partial charge in [0.2, 0.25) is 0 Å². The van der Waals surface area contributed by atoms with Crippen LogP contribution in [0.3, 0.4) is 0 Å². The predicted octanol–water partition coefficient (Wildman–Crippen LogP) is 2.30. The van der Waals surface area contributed by atoms with Gasteiger partial charge in [0.15, 0.2) is 0 Å². The van der Waals surface area contributed by atoms with Crippen LogP contribution in [0.15, 0.2) is 6.20 Å². The third-order valence-corrected chi connectivity index (χ3v) is 3.68. The minimum Gasteiger partial charge on any atom is -0.396 e. The summed E-state index contributed by atoms with van der Waals surface area (Å²) >= 11 is 1.78. The van der Waals surface area contributed by atoms with E-state index in [4.69, 9.17) is 5.11 Å². The van der Waals surface area contributed by atoms with Gasteiger partial charge >= 0.3 is 0 Å². The van der Waals surface area contributed by atoms with E-state index in [1.54, 1.807) is 11.3 Å². The van der Waals surface area contributed by atoms with Crippen molar-refractivity contribution in [1.82, 2.24) is 10.3 Å². The molecule has 0 unspecified atom stereocenters. The lowest BCUT2D eigenvalue weighted by molar-refractivity contribution is 0.283. The summed E-state index contributed by atoms with van der Waals surface area (Å²) in [5, 5.41) is 13.2. The summed E-state index contributed by atoms with van der Waals surface area (Å²) in [5.74, 6) is 0. The molecule has 2 N–H and O–H groups in total. The molecule has 0 spiro atoms. The second kappa shape index (κ2) is 6.33. The summed E-state index contributed by atoms with van der Waals surface area (Å²) in [4.78, 5) is 5.73. The number of thiazole rings is 1. The fourth-order valence-electron chi connectivity index (χ4n) is 1.31. The Hall–Kier alpha value is -0.450. The molecule has 0 aliphatic rings. The van der Waals surface area contributed by atoms with Gasteiger partial charge in [-0.2, -0.15) is 0 Å². The molecule has 3 nitrogen and oxygen atoms in total. The number of hydrogen-bond donors (Lipinski definition) is 2. The molecule has 1 heterocycles. The number of aliphatic hydroxyl groups is 1. The van der Waals surface area contributed by atoms with Gasteiger partial charge in [-0.25, -0.2) is 4.98 Å². The summed E-state index contributed by atoms with van der Waals surface area (Å²) in [7, 11) is 0. The number of unbranched alkanes of at least 4 members (excludes halogenated alkanes) is 1. The average Bonchev–Trinajstić information content (AvgIpc) is 2.65. The highest BCUT2D eigenvalue weighted by molar-refractivity contribution is 7.11. The fourth-order valence-corrected chi connectivity index (χ4v) is 2.25. The summed E-state index contributed by atoms with van der Waals surface area (Å²) < 4.78 is 0. The molecule has 0 aromatic carbocycles. The van der Waals surface area contributed by atoms with E-state index in [0.717, 1.165) is 25.9 Å². The van der Waals surface area contributed by atoms with E-state index in [-0.39, 0.29) is 12.0 Å². The first kappa shape index (κ1) is 13.6. The van der Waals surface area contributed by atoms with E-state index in [9.17, 15) is 0 Å². The zero-order valence-corrected chi connectivity index (χ0v) is 11.2. The highest BCUT2D eigenvalue weighted by atomic mass is 32.1. The molecule has 0 radical (unpaired) electrons. The monoisotopic (exact) mass is 242 g/mol. The van der Waals surface area contributed by atoms with Gasteiger partial charge in [0, 0.05) is 29.6 Å². The standard InChI is InChI=1S/C12H22N2OS/c1-12(2,3)11-14-9-10(16-11)8-13-6-4-5-7-15/h9,13,15H,4-8H2,1-3H3. The van der Waals surface area contributed by atoms with Gasteiger partial charge in [0.05, 0.1) is 5.01 Å². The van der Waals surface area contributed by atoms with E-state index in [0.29, 0.717) is 0 Å². The fraction of sp³-hybridized carbons (Fsp3) is 0.750. The maximum atomic E-state index is 8.64. The Morgan fingerprint density at radius 3 is 2.69 bits per heavy atom. The summed E-state index contributed by atoms with van der Waals surface area (Å²) in [6.07, 6.45) is 3.87. The van der Waals surface area contributed by atoms with E-state index >= 15 is 0 Å². The van der Waals surface area contributed by atoms with Gasteiger partial charge in [0.1, 0.15) is 0 Å². The van der Waals surface area contributed by atoms with Gasteiger partial charge < -0.3 is 10.4 Å². The number of aromatic nitrogens is 1. The van der Waals surface area contributed by atoms with Crippen LogP contribution in [0.25, 0.3) is 0 Å². The molecule has 1 aromatic rings. The lowest BCUT2D eigenvalue weighted by atomic mass is 9.98. The zero-order valence-electron chi connectivity index (χ0n) is 10.4. The van der Waals surface area contributed by atoms with Crippen LogP contribution in [0.2, 0.25) is 0 Å². The number of nitrogens with zero attached hydrogens (tertiary/aromatic N) is 1. The number of rotatable bonds is 6. The molecule has 92 valence electrons. The van der Waals surface area contributed by atoms with Crippen LogP contribution < -0.4 is 5.32 Å². The molecule has 4 heteroatoms.